The van der Waals surface area contributed by atoms with Gasteiger partial charge in [-0.15, -0.1) is 0 Å². The van der Waals surface area contributed by atoms with Crippen molar-refractivity contribution in [2.75, 3.05) is 44.7 Å². The molecule has 0 saturated carbocycles. The number of likely N-dealkylation sites (N-methyl/N-ethyl adjacent to an activating group) is 1. The van der Waals surface area contributed by atoms with Crippen molar-refractivity contribution >= 4 is 27.6 Å². The summed E-state index contributed by atoms with van der Waals surface area (Å²) in [6, 6.07) is 9.63. The molecule has 138 valence electrons. The van der Waals surface area contributed by atoms with Crippen LogP contribution in [0.3, 0.4) is 0 Å². The number of likely N-dealkylation sites (tertiary alicyclic amines) is 1. The molecule has 25 heavy (non-hydrogen) atoms. The SMILES string of the molecule is CCNC(=NCC1CCCN1C)NC1CCN(c2ccc(Br)cc2)C1. The highest BCUT2D eigenvalue weighted by Crippen LogP contribution is 2.22. The Kier molecular flexibility index (Phi) is 6.59. The number of guanidine groups is 1. The molecule has 0 aliphatic carbocycles. The van der Waals surface area contributed by atoms with Crippen LogP contribution in [0.2, 0.25) is 0 Å². The zero-order valence-corrected chi connectivity index (χ0v) is 16.9. The highest BCUT2D eigenvalue weighted by Gasteiger charge is 2.24. The number of halogens is 1. The second kappa shape index (κ2) is 8.90. The van der Waals surface area contributed by atoms with Crippen molar-refractivity contribution in [3.8, 4) is 0 Å². The first kappa shape index (κ1) is 18.5. The molecule has 0 aromatic heterocycles. The Hall–Kier alpha value is -1.27. The average molecular weight is 408 g/mol. The Morgan fingerprint density at radius 3 is 2.72 bits per heavy atom. The summed E-state index contributed by atoms with van der Waals surface area (Å²) in [7, 11) is 2.21. The monoisotopic (exact) mass is 407 g/mol. The van der Waals surface area contributed by atoms with E-state index in [1.54, 1.807) is 0 Å². The molecule has 2 atom stereocenters. The molecule has 1 aromatic rings. The molecule has 3 rings (SSSR count). The molecule has 2 saturated heterocycles. The Morgan fingerprint density at radius 1 is 1.24 bits per heavy atom. The zero-order valence-electron chi connectivity index (χ0n) is 15.3. The van der Waals surface area contributed by atoms with Crippen LogP contribution in [-0.2, 0) is 0 Å². The molecule has 2 aliphatic heterocycles. The first-order valence-corrected chi connectivity index (χ1v) is 10.2. The van der Waals surface area contributed by atoms with Gasteiger partial charge < -0.3 is 20.4 Å². The maximum absolute atomic E-state index is 4.85. The van der Waals surface area contributed by atoms with E-state index in [1.807, 2.05) is 0 Å². The Balaban J connectivity index is 1.54. The third-order valence-electron chi connectivity index (χ3n) is 5.20. The minimum atomic E-state index is 0.447. The van der Waals surface area contributed by atoms with Crippen molar-refractivity contribution in [3.05, 3.63) is 28.7 Å². The van der Waals surface area contributed by atoms with Crippen molar-refractivity contribution in [1.82, 2.24) is 15.5 Å². The van der Waals surface area contributed by atoms with Gasteiger partial charge in [-0.3, -0.25) is 4.99 Å². The van der Waals surface area contributed by atoms with Crippen molar-refractivity contribution < 1.29 is 0 Å². The van der Waals surface area contributed by atoms with Crippen LogP contribution in [0.4, 0.5) is 5.69 Å². The number of aliphatic imine (C=N–C) groups is 1. The van der Waals surface area contributed by atoms with E-state index in [2.05, 4.69) is 74.6 Å². The fourth-order valence-corrected chi connectivity index (χ4v) is 3.95. The summed E-state index contributed by atoms with van der Waals surface area (Å²) in [5.41, 5.74) is 1.29. The molecule has 2 aliphatic rings. The molecule has 2 fully saturated rings. The summed E-state index contributed by atoms with van der Waals surface area (Å²) in [6.45, 7) is 7.22. The van der Waals surface area contributed by atoms with Crippen LogP contribution in [0.5, 0.6) is 0 Å². The average Bonchev–Trinajstić information content (AvgIpc) is 3.23. The van der Waals surface area contributed by atoms with Crippen molar-refractivity contribution in [2.24, 2.45) is 4.99 Å². The number of rotatable bonds is 5. The van der Waals surface area contributed by atoms with Gasteiger partial charge in [-0.05, 0) is 64.0 Å². The van der Waals surface area contributed by atoms with Gasteiger partial charge in [0.1, 0.15) is 0 Å². The van der Waals surface area contributed by atoms with E-state index in [1.165, 1.54) is 25.1 Å². The minimum absolute atomic E-state index is 0.447. The molecule has 2 unspecified atom stereocenters. The summed E-state index contributed by atoms with van der Waals surface area (Å²) in [4.78, 5) is 9.72. The van der Waals surface area contributed by atoms with Crippen molar-refractivity contribution in [1.29, 1.82) is 0 Å². The standard InChI is InChI=1S/C19H30BrN5/c1-3-21-19(22-13-18-5-4-11-24(18)2)23-16-10-12-25(14-16)17-8-6-15(20)7-9-17/h6-9,16,18H,3-5,10-14H2,1-2H3,(H2,21,22,23). The summed E-state index contributed by atoms with van der Waals surface area (Å²) in [5.74, 6) is 0.963. The highest BCUT2D eigenvalue weighted by atomic mass is 79.9. The van der Waals surface area contributed by atoms with Crippen LogP contribution in [0, 0.1) is 0 Å². The quantitative estimate of drug-likeness (QED) is 0.581. The van der Waals surface area contributed by atoms with E-state index < -0.39 is 0 Å². The van der Waals surface area contributed by atoms with Gasteiger partial charge in [-0.25, -0.2) is 0 Å². The minimum Gasteiger partial charge on any atom is -0.369 e. The Morgan fingerprint density at radius 2 is 2.04 bits per heavy atom. The molecular weight excluding hydrogens is 378 g/mol. The van der Waals surface area contributed by atoms with Crippen LogP contribution in [0.1, 0.15) is 26.2 Å². The number of hydrogen-bond donors (Lipinski definition) is 2. The first-order valence-electron chi connectivity index (χ1n) is 9.41. The third kappa shape index (κ3) is 5.11. The predicted octanol–water partition coefficient (Wildman–Crippen LogP) is 2.68. The van der Waals surface area contributed by atoms with Crippen LogP contribution < -0.4 is 15.5 Å². The zero-order chi connectivity index (χ0) is 17.6. The fourth-order valence-electron chi connectivity index (χ4n) is 3.68. The van der Waals surface area contributed by atoms with Gasteiger partial charge in [0.15, 0.2) is 5.96 Å². The Labute approximate surface area is 160 Å². The van der Waals surface area contributed by atoms with Gasteiger partial charge in [0.05, 0.1) is 6.54 Å². The number of nitrogens with zero attached hydrogens (tertiary/aromatic N) is 3. The van der Waals surface area contributed by atoms with Gasteiger partial charge in [0, 0.05) is 41.9 Å². The lowest BCUT2D eigenvalue weighted by Crippen LogP contribution is -2.45. The molecular formula is C19H30BrN5. The molecule has 0 amide bonds. The second-order valence-electron chi connectivity index (χ2n) is 7.05. The van der Waals surface area contributed by atoms with E-state index in [9.17, 15) is 0 Å². The molecule has 5 nitrogen and oxygen atoms in total. The molecule has 2 heterocycles. The lowest BCUT2D eigenvalue weighted by molar-refractivity contribution is 0.317. The molecule has 2 N–H and O–H groups in total. The maximum Gasteiger partial charge on any atom is 0.191 e. The van der Waals surface area contributed by atoms with Crippen molar-refractivity contribution in [3.63, 3.8) is 0 Å². The smallest absolute Gasteiger partial charge is 0.191 e. The number of benzene rings is 1. The lowest BCUT2D eigenvalue weighted by Gasteiger charge is -2.21. The number of nitrogens with one attached hydrogen (secondary N) is 2. The van der Waals surface area contributed by atoms with Crippen molar-refractivity contribution in [2.45, 2.75) is 38.3 Å². The van der Waals surface area contributed by atoms with Gasteiger partial charge in [0.25, 0.3) is 0 Å². The normalized spacial score (nSPS) is 24.8. The largest absolute Gasteiger partial charge is 0.369 e. The first-order chi connectivity index (χ1) is 12.2. The van der Waals surface area contributed by atoms with E-state index in [4.69, 9.17) is 4.99 Å². The van der Waals surface area contributed by atoms with E-state index in [-0.39, 0.29) is 0 Å². The van der Waals surface area contributed by atoms with Crippen LogP contribution >= 0.6 is 15.9 Å². The van der Waals surface area contributed by atoms with Crippen LogP contribution in [-0.4, -0.2) is 62.7 Å². The van der Waals surface area contributed by atoms with Gasteiger partial charge in [0.2, 0.25) is 0 Å². The van der Waals surface area contributed by atoms with Gasteiger partial charge in [-0.2, -0.15) is 0 Å². The summed E-state index contributed by atoms with van der Waals surface area (Å²) >= 11 is 3.51. The summed E-state index contributed by atoms with van der Waals surface area (Å²) in [5, 5.41) is 7.04. The van der Waals surface area contributed by atoms with Gasteiger partial charge in [-0.1, -0.05) is 15.9 Å². The fraction of sp³-hybridized carbons (Fsp3) is 0.632. The van der Waals surface area contributed by atoms with E-state index >= 15 is 0 Å². The molecule has 0 spiro atoms. The molecule has 0 radical (unpaired) electrons. The predicted molar refractivity (Wildman–Crippen MR) is 110 cm³/mol. The molecule has 6 heteroatoms. The highest BCUT2D eigenvalue weighted by molar-refractivity contribution is 9.10. The summed E-state index contributed by atoms with van der Waals surface area (Å²) in [6.07, 6.45) is 3.70. The third-order valence-corrected chi connectivity index (χ3v) is 5.73. The van der Waals surface area contributed by atoms with E-state index in [0.29, 0.717) is 12.1 Å². The Bertz CT molecular complexity index is 574. The molecule has 0 bridgehead atoms. The topological polar surface area (TPSA) is 42.9 Å². The number of anilines is 1. The second-order valence-corrected chi connectivity index (χ2v) is 7.96. The molecule has 1 aromatic carbocycles. The van der Waals surface area contributed by atoms with Crippen LogP contribution in [0.15, 0.2) is 33.7 Å². The van der Waals surface area contributed by atoms with Crippen LogP contribution in [0.25, 0.3) is 0 Å². The lowest BCUT2D eigenvalue weighted by atomic mass is 10.2. The van der Waals surface area contributed by atoms with E-state index in [0.717, 1.165) is 43.0 Å². The summed E-state index contributed by atoms with van der Waals surface area (Å²) < 4.78 is 1.13. The van der Waals surface area contributed by atoms with Gasteiger partial charge >= 0.3 is 0 Å². The maximum atomic E-state index is 4.85. The number of hydrogen-bond acceptors (Lipinski definition) is 3.